The van der Waals surface area contributed by atoms with Crippen LogP contribution >= 0.6 is 11.6 Å². The van der Waals surface area contributed by atoms with Gasteiger partial charge in [-0.25, -0.2) is 4.39 Å². The lowest BCUT2D eigenvalue weighted by Crippen LogP contribution is -2.56. The summed E-state index contributed by atoms with van der Waals surface area (Å²) in [6.07, 6.45) is 5.90. The maximum absolute atomic E-state index is 15.1. The Labute approximate surface area is 154 Å². The minimum Gasteiger partial charge on any atom is -0.298 e. The SMILES string of the molecule is CC(=O)[C@@]1(Cl)CC[C@H]2[C@@H]3C[C@H](F)C4=CC(=O)CC[C@]4(C)[C@H]3CC[C@@]21C. The lowest BCUT2D eigenvalue weighted by Gasteiger charge is -2.59. The molecule has 4 heteroatoms. The highest BCUT2D eigenvalue weighted by Crippen LogP contribution is 2.69. The van der Waals surface area contributed by atoms with Crippen molar-refractivity contribution >= 4 is 23.2 Å². The Morgan fingerprint density at radius 1 is 1.20 bits per heavy atom. The second kappa shape index (κ2) is 5.41. The highest BCUT2D eigenvalue weighted by molar-refractivity contribution is 6.35. The van der Waals surface area contributed by atoms with Crippen molar-refractivity contribution in [3.05, 3.63) is 11.6 Å². The van der Waals surface area contributed by atoms with E-state index >= 15 is 4.39 Å². The van der Waals surface area contributed by atoms with Gasteiger partial charge in [-0.1, -0.05) is 13.8 Å². The van der Waals surface area contributed by atoms with Crippen molar-refractivity contribution in [2.24, 2.45) is 28.6 Å². The van der Waals surface area contributed by atoms with Crippen LogP contribution in [0.5, 0.6) is 0 Å². The first-order valence-electron chi connectivity index (χ1n) is 9.72. The molecule has 7 atom stereocenters. The summed E-state index contributed by atoms with van der Waals surface area (Å²) in [5, 5.41) is 0. The maximum Gasteiger partial charge on any atom is 0.155 e. The normalized spacial score (nSPS) is 52.0. The summed E-state index contributed by atoms with van der Waals surface area (Å²) in [5.74, 6) is 1.13. The molecule has 25 heavy (non-hydrogen) atoms. The Kier molecular flexibility index (Phi) is 3.83. The first-order valence-corrected chi connectivity index (χ1v) is 10.1. The van der Waals surface area contributed by atoms with Crippen molar-refractivity contribution < 1.29 is 14.0 Å². The molecule has 0 aromatic rings. The summed E-state index contributed by atoms with van der Waals surface area (Å²) in [4.78, 5) is 23.4. The van der Waals surface area contributed by atoms with Gasteiger partial charge in [-0.2, -0.15) is 0 Å². The molecule has 0 saturated heterocycles. The topological polar surface area (TPSA) is 34.1 Å². The van der Waals surface area contributed by atoms with Gasteiger partial charge >= 0.3 is 0 Å². The molecule has 2 nitrogen and oxygen atoms in total. The van der Waals surface area contributed by atoms with Crippen LogP contribution in [0.4, 0.5) is 4.39 Å². The van der Waals surface area contributed by atoms with Gasteiger partial charge in [0.15, 0.2) is 11.6 Å². The highest BCUT2D eigenvalue weighted by atomic mass is 35.5. The number of fused-ring (bicyclic) bond motifs is 5. The molecule has 0 amide bonds. The Balaban J connectivity index is 1.73. The molecule has 0 unspecified atom stereocenters. The van der Waals surface area contributed by atoms with Crippen LogP contribution in [0.1, 0.15) is 65.7 Å². The molecule has 0 aromatic heterocycles. The predicted octanol–water partition coefficient (Wildman–Crippen LogP) is 5.03. The van der Waals surface area contributed by atoms with E-state index < -0.39 is 11.0 Å². The van der Waals surface area contributed by atoms with Gasteiger partial charge in [-0.3, -0.25) is 9.59 Å². The quantitative estimate of drug-likeness (QED) is 0.610. The molecule has 0 heterocycles. The van der Waals surface area contributed by atoms with Gasteiger partial charge in [-0.05, 0) is 85.7 Å². The van der Waals surface area contributed by atoms with Crippen LogP contribution in [-0.2, 0) is 9.59 Å². The van der Waals surface area contributed by atoms with Crippen molar-refractivity contribution in [2.45, 2.75) is 76.8 Å². The van der Waals surface area contributed by atoms with E-state index in [0.29, 0.717) is 31.1 Å². The van der Waals surface area contributed by atoms with Gasteiger partial charge in [0, 0.05) is 6.42 Å². The molecule has 0 N–H and O–H groups in total. The second-order valence-electron chi connectivity index (χ2n) is 9.42. The van der Waals surface area contributed by atoms with Gasteiger partial charge in [0.25, 0.3) is 0 Å². The van der Waals surface area contributed by atoms with Crippen molar-refractivity contribution in [3.8, 4) is 0 Å². The van der Waals surface area contributed by atoms with Crippen LogP contribution in [0.25, 0.3) is 0 Å². The van der Waals surface area contributed by atoms with Gasteiger partial charge in [0.1, 0.15) is 11.0 Å². The zero-order valence-corrected chi connectivity index (χ0v) is 16.2. The summed E-state index contributed by atoms with van der Waals surface area (Å²) in [7, 11) is 0. The first-order chi connectivity index (χ1) is 11.6. The fourth-order valence-corrected chi connectivity index (χ4v) is 7.47. The molecular formula is C21H28ClFO2. The maximum atomic E-state index is 15.1. The predicted molar refractivity (Wildman–Crippen MR) is 96.3 cm³/mol. The van der Waals surface area contributed by atoms with Crippen molar-refractivity contribution in [1.29, 1.82) is 0 Å². The van der Waals surface area contributed by atoms with E-state index in [9.17, 15) is 9.59 Å². The number of ketones is 2. The van der Waals surface area contributed by atoms with Crippen LogP contribution < -0.4 is 0 Å². The van der Waals surface area contributed by atoms with Crippen molar-refractivity contribution in [1.82, 2.24) is 0 Å². The Morgan fingerprint density at radius 3 is 2.56 bits per heavy atom. The van der Waals surface area contributed by atoms with Crippen LogP contribution in [0.2, 0.25) is 0 Å². The molecule has 0 aromatic carbocycles. The lowest BCUT2D eigenvalue weighted by atomic mass is 9.46. The van der Waals surface area contributed by atoms with Crippen LogP contribution in [0.3, 0.4) is 0 Å². The molecule has 0 aliphatic heterocycles. The van der Waals surface area contributed by atoms with Gasteiger partial charge < -0.3 is 0 Å². The van der Waals surface area contributed by atoms with Gasteiger partial charge in [0.05, 0.1) is 0 Å². The monoisotopic (exact) mass is 366 g/mol. The minimum atomic E-state index is -1.03. The van der Waals surface area contributed by atoms with E-state index in [1.807, 2.05) is 0 Å². The average Bonchev–Trinajstić information content (AvgIpc) is 2.83. The molecule has 0 spiro atoms. The van der Waals surface area contributed by atoms with Crippen LogP contribution in [0.15, 0.2) is 11.6 Å². The molecule has 4 rings (SSSR count). The smallest absolute Gasteiger partial charge is 0.155 e. The molecule has 0 bridgehead atoms. The standard InChI is InChI=1S/C21H28ClFO2/c1-12(24)21(22)9-6-16-14-11-18(23)17-10-13(25)4-7-19(17,2)15(14)5-8-20(16,21)3/h10,14-16,18H,4-9,11H2,1-3H3/t14-,15+,16+,18+,19-,20+,21+/m1/s1. The van der Waals surface area contributed by atoms with Gasteiger partial charge in [-0.15, -0.1) is 11.6 Å². The van der Waals surface area contributed by atoms with Gasteiger partial charge in [0.2, 0.25) is 0 Å². The van der Waals surface area contributed by atoms with E-state index in [-0.39, 0.29) is 28.3 Å². The van der Waals surface area contributed by atoms with E-state index in [1.54, 1.807) is 13.0 Å². The van der Waals surface area contributed by atoms with Crippen LogP contribution in [-0.4, -0.2) is 22.6 Å². The van der Waals surface area contributed by atoms with Crippen molar-refractivity contribution in [3.63, 3.8) is 0 Å². The molecule has 3 saturated carbocycles. The zero-order chi connectivity index (χ0) is 18.2. The Morgan fingerprint density at radius 2 is 1.88 bits per heavy atom. The molecule has 0 radical (unpaired) electrons. The Hall–Kier alpha value is -0.700. The molecule has 3 fully saturated rings. The molecule has 4 aliphatic rings. The number of carbonyl (C=O) groups is 2. The number of carbonyl (C=O) groups excluding carboxylic acids is 2. The number of halogens is 2. The average molecular weight is 367 g/mol. The number of hydrogen-bond acceptors (Lipinski definition) is 2. The summed E-state index contributed by atoms with van der Waals surface area (Å²) in [6, 6.07) is 0. The largest absolute Gasteiger partial charge is 0.298 e. The number of Topliss-reactive ketones (excluding diaryl/α,β-unsaturated/α-hetero) is 1. The molecular weight excluding hydrogens is 339 g/mol. The summed E-state index contributed by atoms with van der Waals surface area (Å²) in [6.45, 7) is 5.95. The fraction of sp³-hybridized carbons (Fsp3) is 0.810. The fourth-order valence-electron chi connectivity index (χ4n) is 7.12. The van der Waals surface area contributed by atoms with E-state index in [2.05, 4.69) is 13.8 Å². The van der Waals surface area contributed by atoms with E-state index in [0.717, 1.165) is 31.3 Å². The second-order valence-corrected chi connectivity index (χ2v) is 10.1. The number of alkyl halides is 2. The number of rotatable bonds is 1. The third-order valence-electron chi connectivity index (χ3n) is 8.59. The minimum absolute atomic E-state index is 0.0697. The highest BCUT2D eigenvalue weighted by Gasteiger charge is 2.66. The lowest BCUT2D eigenvalue weighted by molar-refractivity contribution is -0.127. The molecule has 4 aliphatic carbocycles. The Bertz CT molecular complexity index is 673. The molecule has 138 valence electrons. The van der Waals surface area contributed by atoms with Crippen molar-refractivity contribution in [2.75, 3.05) is 0 Å². The summed E-state index contributed by atoms with van der Waals surface area (Å²) >= 11 is 6.88. The first kappa shape index (κ1) is 17.7. The summed E-state index contributed by atoms with van der Waals surface area (Å²) in [5.41, 5.74) is 0.310. The van der Waals surface area contributed by atoms with E-state index in [4.69, 9.17) is 11.6 Å². The van der Waals surface area contributed by atoms with Crippen LogP contribution in [0, 0.1) is 28.6 Å². The zero-order valence-electron chi connectivity index (χ0n) is 15.4. The number of hydrogen-bond donors (Lipinski definition) is 0. The number of allylic oxidation sites excluding steroid dienone is 1. The third-order valence-corrected chi connectivity index (χ3v) is 9.48. The third kappa shape index (κ3) is 2.14. The summed E-state index contributed by atoms with van der Waals surface area (Å²) < 4.78 is 15.1. The van der Waals surface area contributed by atoms with E-state index in [1.165, 1.54) is 0 Å².